The van der Waals surface area contributed by atoms with Crippen LogP contribution in [-0.2, 0) is 9.59 Å². The van der Waals surface area contributed by atoms with E-state index in [4.69, 9.17) is 15.6 Å². The van der Waals surface area contributed by atoms with Gasteiger partial charge in [0.15, 0.2) is 17.6 Å². The molecule has 2 aromatic rings. The summed E-state index contributed by atoms with van der Waals surface area (Å²) < 4.78 is 6.02. The lowest BCUT2D eigenvalue weighted by Gasteiger charge is -2.51. The van der Waals surface area contributed by atoms with E-state index in [1.165, 1.54) is 4.90 Å². The Morgan fingerprint density at radius 3 is 2.52 bits per heavy atom. The number of rotatable bonds is 9. The van der Waals surface area contributed by atoms with Crippen molar-refractivity contribution in [3.8, 4) is 11.5 Å². The van der Waals surface area contributed by atoms with Gasteiger partial charge in [0, 0.05) is 13.0 Å². The number of para-hydroxylation sites is 2. The highest BCUT2D eigenvalue weighted by atomic mass is 16.5. The minimum absolute atomic E-state index is 0.138. The number of aliphatic hydroxyl groups is 2. The van der Waals surface area contributed by atoms with Gasteiger partial charge in [0.1, 0.15) is 17.5 Å². The number of benzene rings is 2. The molecule has 14 heteroatoms. The molecule has 0 aromatic heterocycles. The second-order valence-electron chi connectivity index (χ2n) is 10.6. The minimum atomic E-state index is -2.72. The summed E-state index contributed by atoms with van der Waals surface area (Å²) in [5.41, 5.74) is -0.861. The number of imide groups is 1. The van der Waals surface area contributed by atoms with Crippen molar-refractivity contribution in [1.82, 2.24) is 31.1 Å². The van der Waals surface area contributed by atoms with Gasteiger partial charge in [-0.1, -0.05) is 37.3 Å². The van der Waals surface area contributed by atoms with Crippen LogP contribution in [0.4, 0.5) is 0 Å². The fourth-order valence-electron chi connectivity index (χ4n) is 5.87. The molecule has 3 heterocycles. The van der Waals surface area contributed by atoms with Crippen LogP contribution in [0.15, 0.2) is 48.5 Å². The van der Waals surface area contributed by atoms with Crippen LogP contribution in [0.2, 0.25) is 0 Å². The van der Waals surface area contributed by atoms with Crippen LogP contribution in [-0.4, -0.2) is 92.8 Å². The maximum Gasteiger partial charge on any atom is 0.255 e. The first-order valence-electron chi connectivity index (χ1n) is 13.6. The fraction of sp³-hybridized carbons (Fsp3) is 0.393. The zero-order chi connectivity index (χ0) is 30.2. The normalized spacial score (nSPS) is 25.3. The van der Waals surface area contributed by atoms with E-state index in [0.717, 1.165) is 10.5 Å². The van der Waals surface area contributed by atoms with E-state index in [9.17, 15) is 24.6 Å². The average molecular weight is 579 g/mol. The van der Waals surface area contributed by atoms with Crippen LogP contribution in [0.25, 0.3) is 0 Å². The largest absolute Gasteiger partial charge is 0.456 e. The van der Waals surface area contributed by atoms with Gasteiger partial charge in [-0.2, -0.15) is 0 Å². The molecule has 0 radical (unpaired) electrons. The number of amides is 3. The summed E-state index contributed by atoms with van der Waals surface area (Å²) in [5, 5.41) is 51.5. The zero-order valence-electron chi connectivity index (χ0n) is 23.2. The molecule has 3 unspecified atom stereocenters. The van der Waals surface area contributed by atoms with E-state index >= 15 is 0 Å². The van der Waals surface area contributed by atoms with Crippen molar-refractivity contribution in [1.29, 1.82) is 10.8 Å². The first-order chi connectivity index (χ1) is 20.0. The number of carbonyl (C=O) groups excluding carboxylic acids is 3. The minimum Gasteiger partial charge on any atom is -0.456 e. The first-order valence-corrected chi connectivity index (χ1v) is 13.6. The van der Waals surface area contributed by atoms with E-state index in [-0.39, 0.29) is 42.7 Å². The SMILES string of the molecule is CCCC(=O)N(C=O)CC1NC(=N)N2C[C@H](NC(=O)c3ccccc3Oc3ccccc3C)C(O)(O)C23NC(=N)NC13. The molecular weight excluding hydrogens is 544 g/mol. The predicted octanol–water partition coefficient (Wildman–Crippen LogP) is -0.234. The van der Waals surface area contributed by atoms with Gasteiger partial charge in [0.05, 0.1) is 24.2 Å². The number of hydrogen-bond acceptors (Lipinski definition) is 8. The third kappa shape index (κ3) is 4.67. The monoisotopic (exact) mass is 578 g/mol. The van der Waals surface area contributed by atoms with Gasteiger partial charge >= 0.3 is 0 Å². The summed E-state index contributed by atoms with van der Waals surface area (Å²) in [4.78, 5) is 40.1. The molecule has 2 aromatic carbocycles. The Balaban J connectivity index is 1.42. The molecule has 14 nitrogen and oxygen atoms in total. The lowest BCUT2D eigenvalue weighted by Crippen LogP contribution is -2.81. The smallest absolute Gasteiger partial charge is 0.255 e. The maximum absolute atomic E-state index is 13.5. The Bertz CT molecular complexity index is 1430. The molecule has 1 spiro atoms. The molecule has 4 atom stereocenters. The van der Waals surface area contributed by atoms with Crippen molar-refractivity contribution in [2.45, 2.75) is 56.3 Å². The summed E-state index contributed by atoms with van der Waals surface area (Å²) >= 11 is 0. The second kappa shape index (κ2) is 10.9. The van der Waals surface area contributed by atoms with Gasteiger partial charge in [-0.3, -0.25) is 30.1 Å². The highest BCUT2D eigenvalue weighted by Crippen LogP contribution is 2.43. The topological polar surface area (TPSA) is 203 Å². The van der Waals surface area contributed by atoms with Crippen molar-refractivity contribution in [2.24, 2.45) is 0 Å². The number of ether oxygens (including phenoxy) is 1. The lowest BCUT2D eigenvalue weighted by molar-refractivity contribution is -0.232. The van der Waals surface area contributed by atoms with Crippen molar-refractivity contribution < 1.29 is 29.3 Å². The molecule has 5 rings (SSSR count). The Labute approximate surface area is 242 Å². The molecule has 3 fully saturated rings. The van der Waals surface area contributed by atoms with Gasteiger partial charge in [-0.25, -0.2) is 0 Å². The molecule has 0 aliphatic carbocycles. The van der Waals surface area contributed by atoms with Crippen molar-refractivity contribution in [3.05, 3.63) is 59.7 Å². The molecule has 0 saturated carbocycles. The molecule has 42 heavy (non-hydrogen) atoms. The zero-order valence-corrected chi connectivity index (χ0v) is 23.2. The maximum atomic E-state index is 13.5. The van der Waals surface area contributed by atoms with E-state index in [1.807, 2.05) is 25.1 Å². The number of nitrogens with zero attached hydrogens (tertiary/aromatic N) is 2. The number of guanidine groups is 2. The van der Waals surface area contributed by atoms with Crippen LogP contribution in [0.1, 0.15) is 35.7 Å². The average Bonchev–Trinajstić information content (AvgIpc) is 3.42. The van der Waals surface area contributed by atoms with Crippen LogP contribution in [0.5, 0.6) is 11.5 Å². The van der Waals surface area contributed by atoms with E-state index in [2.05, 4.69) is 21.3 Å². The third-order valence-electron chi connectivity index (χ3n) is 7.95. The van der Waals surface area contributed by atoms with Gasteiger partial charge in [-0.05, 0) is 37.1 Å². The highest BCUT2D eigenvalue weighted by Gasteiger charge is 2.74. The molecular formula is C28H34N8O6. The van der Waals surface area contributed by atoms with Crippen LogP contribution < -0.4 is 26.0 Å². The van der Waals surface area contributed by atoms with Crippen LogP contribution in [0.3, 0.4) is 0 Å². The van der Waals surface area contributed by atoms with Gasteiger partial charge in [-0.15, -0.1) is 0 Å². The number of nitrogens with one attached hydrogen (secondary N) is 6. The molecule has 0 bridgehead atoms. The summed E-state index contributed by atoms with van der Waals surface area (Å²) in [6, 6.07) is 10.7. The third-order valence-corrected chi connectivity index (χ3v) is 7.95. The number of carbonyl (C=O) groups is 3. The van der Waals surface area contributed by atoms with Crippen molar-refractivity contribution in [3.63, 3.8) is 0 Å². The number of aryl methyl sites for hydroxylation is 1. The van der Waals surface area contributed by atoms with E-state index < -0.39 is 41.4 Å². The first kappa shape index (κ1) is 28.8. The molecule has 3 aliphatic heterocycles. The molecule has 3 amide bonds. The standard InChI is InChI=1S/C28H34N8O6/c1-3-8-22(38)35(15-37)13-18-23-27(34-25(29)33-23)28(40,41)21(14-36(27)26(30)31-18)32-24(39)17-10-5-7-12-20(17)42-19-11-6-4-9-16(19)2/h4-7,9-12,15,18,21,23,40-41H,3,8,13-14H2,1-2H3,(H2,30,31)(H,32,39)(H3,29,33,34)/t18?,21-,23?,27?/m0/s1. The quantitative estimate of drug-likeness (QED) is 0.145. The highest BCUT2D eigenvalue weighted by molar-refractivity contribution is 5.97. The van der Waals surface area contributed by atoms with Crippen LogP contribution >= 0.6 is 0 Å². The lowest BCUT2D eigenvalue weighted by atomic mass is 9.84. The Hall–Kier alpha value is -4.69. The molecule has 222 valence electrons. The van der Waals surface area contributed by atoms with Crippen molar-refractivity contribution >= 4 is 30.1 Å². The summed E-state index contributed by atoms with van der Waals surface area (Å²) in [7, 11) is 0. The van der Waals surface area contributed by atoms with E-state index in [0.29, 0.717) is 18.6 Å². The molecule has 3 aliphatic rings. The summed E-state index contributed by atoms with van der Waals surface area (Å²) in [6.07, 6.45) is 1.06. The number of hydrogen-bond donors (Lipinski definition) is 8. The summed E-state index contributed by atoms with van der Waals surface area (Å²) in [6.45, 7) is 3.28. The Morgan fingerprint density at radius 2 is 1.83 bits per heavy atom. The second-order valence-corrected chi connectivity index (χ2v) is 10.6. The van der Waals surface area contributed by atoms with Crippen molar-refractivity contribution in [2.75, 3.05) is 13.1 Å². The fourth-order valence-corrected chi connectivity index (χ4v) is 5.87. The molecule has 8 N–H and O–H groups in total. The van der Waals surface area contributed by atoms with Crippen LogP contribution in [0, 0.1) is 17.7 Å². The molecule has 3 saturated heterocycles. The predicted molar refractivity (Wildman–Crippen MR) is 151 cm³/mol. The summed E-state index contributed by atoms with van der Waals surface area (Å²) in [5.74, 6) is -3.44. The van der Waals surface area contributed by atoms with Gasteiger partial charge in [0.25, 0.3) is 5.91 Å². The van der Waals surface area contributed by atoms with E-state index in [1.54, 1.807) is 37.3 Å². The Kier molecular flexibility index (Phi) is 7.51. The van der Waals surface area contributed by atoms with Gasteiger partial charge < -0.3 is 41.1 Å². The van der Waals surface area contributed by atoms with Gasteiger partial charge in [0.2, 0.25) is 18.1 Å². The Morgan fingerprint density at radius 1 is 1.14 bits per heavy atom.